The Morgan fingerprint density at radius 3 is 2.53 bits per heavy atom. The molecular weight excluding hydrogens is 248 g/mol. The highest BCUT2D eigenvalue weighted by Crippen LogP contribution is 2.44. The Balaban J connectivity index is 2.06. The molecule has 1 aromatic carbocycles. The SMILES string of the molecule is CC1(C)CC1NC(=O)Nc1ccc(O)cc1C(=O)O. The molecule has 1 fully saturated rings. The summed E-state index contributed by atoms with van der Waals surface area (Å²) in [4.78, 5) is 22.7. The largest absolute Gasteiger partial charge is 0.508 e. The number of phenols is 1. The number of aromatic hydroxyl groups is 1. The lowest BCUT2D eigenvalue weighted by Gasteiger charge is -2.11. The van der Waals surface area contributed by atoms with Gasteiger partial charge in [0.1, 0.15) is 5.75 Å². The van der Waals surface area contributed by atoms with Crippen molar-refractivity contribution >= 4 is 17.7 Å². The predicted molar refractivity (Wildman–Crippen MR) is 69.4 cm³/mol. The molecule has 0 spiro atoms. The van der Waals surface area contributed by atoms with Gasteiger partial charge in [-0.2, -0.15) is 0 Å². The standard InChI is InChI=1S/C13H16N2O4/c1-13(2)6-10(13)15-12(19)14-9-4-3-7(16)5-8(9)11(17)18/h3-5,10,16H,6H2,1-2H3,(H,17,18)(H2,14,15,19). The summed E-state index contributed by atoms with van der Waals surface area (Å²) in [5.41, 5.74) is 0.105. The van der Waals surface area contributed by atoms with Gasteiger partial charge in [0.2, 0.25) is 0 Å². The monoisotopic (exact) mass is 264 g/mol. The second kappa shape index (κ2) is 4.46. The molecule has 6 nitrogen and oxygen atoms in total. The van der Waals surface area contributed by atoms with Gasteiger partial charge in [0.05, 0.1) is 11.3 Å². The number of aromatic carboxylic acids is 1. The molecule has 0 aliphatic heterocycles. The van der Waals surface area contributed by atoms with E-state index in [4.69, 9.17) is 5.11 Å². The first-order valence-electron chi connectivity index (χ1n) is 5.93. The van der Waals surface area contributed by atoms with Gasteiger partial charge in [-0.25, -0.2) is 9.59 Å². The summed E-state index contributed by atoms with van der Waals surface area (Å²) in [7, 11) is 0. The topological polar surface area (TPSA) is 98.7 Å². The molecule has 102 valence electrons. The number of urea groups is 1. The van der Waals surface area contributed by atoms with Crippen molar-refractivity contribution in [3.8, 4) is 5.75 Å². The minimum Gasteiger partial charge on any atom is -0.508 e. The van der Waals surface area contributed by atoms with Crippen LogP contribution in [0.1, 0.15) is 30.6 Å². The van der Waals surface area contributed by atoms with Crippen LogP contribution in [-0.2, 0) is 0 Å². The molecule has 1 unspecified atom stereocenters. The number of amides is 2. The number of hydrogen-bond donors (Lipinski definition) is 4. The van der Waals surface area contributed by atoms with Crippen LogP contribution in [0.3, 0.4) is 0 Å². The summed E-state index contributed by atoms with van der Waals surface area (Å²) in [5.74, 6) is -1.37. The molecule has 19 heavy (non-hydrogen) atoms. The Morgan fingerprint density at radius 1 is 1.37 bits per heavy atom. The Hall–Kier alpha value is -2.24. The summed E-state index contributed by atoms with van der Waals surface area (Å²) < 4.78 is 0. The van der Waals surface area contributed by atoms with E-state index in [-0.39, 0.29) is 28.5 Å². The first-order valence-corrected chi connectivity index (χ1v) is 5.93. The maximum atomic E-state index is 11.7. The minimum atomic E-state index is -1.21. The molecule has 0 radical (unpaired) electrons. The van der Waals surface area contributed by atoms with Gasteiger partial charge in [-0.1, -0.05) is 13.8 Å². The van der Waals surface area contributed by atoms with Crippen LogP contribution >= 0.6 is 0 Å². The van der Waals surface area contributed by atoms with E-state index in [2.05, 4.69) is 10.6 Å². The van der Waals surface area contributed by atoms with Gasteiger partial charge in [0.25, 0.3) is 0 Å². The van der Waals surface area contributed by atoms with Crippen molar-refractivity contribution in [1.29, 1.82) is 0 Å². The molecule has 0 aromatic heterocycles. The van der Waals surface area contributed by atoms with Crippen molar-refractivity contribution in [1.82, 2.24) is 5.32 Å². The lowest BCUT2D eigenvalue weighted by atomic mass is 10.1. The summed E-state index contributed by atoms with van der Waals surface area (Å²) in [6.45, 7) is 4.09. The van der Waals surface area contributed by atoms with Gasteiger partial charge in [0.15, 0.2) is 0 Å². The summed E-state index contributed by atoms with van der Waals surface area (Å²) in [6.07, 6.45) is 0.905. The molecule has 2 rings (SSSR count). The van der Waals surface area contributed by atoms with Crippen LogP contribution in [0, 0.1) is 5.41 Å². The Labute approximate surface area is 110 Å². The van der Waals surface area contributed by atoms with Crippen molar-refractivity contribution in [2.24, 2.45) is 5.41 Å². The van der Waals surface area contributed by atoms with Crippen LogP contribution in [-0.4, -0.2) is 28.3 Å². The highest BCUT2D eigenvalue weighted by Gasteiger charge is 2.46. The van der Waals surface area contributed by atoms with Crippen LogP contribution < -0.4 is 10.6 Å². The molecule has 1 aromatic rings. The van der Waals surface area contributed by atoms with Crippen LogP contribution in [0.15, 0.2) is 18.2 Å². The number of carbonyl (C=O) groups is 2. The second-order valence-electron chi connectivity index (χ2n) is 5.38. The number of carboxylic acids is 1. The Bertz CT molecular complexity index is 539. The number of benzene rings is 1. The predicted octanol–water partition coefficient (Wildman–Crippen LogP) is 2.01. The number of rotatable bonds is 3. The number of carboxylic acid groups (broad SMARTS) is 1. The molecule has 0 bridgehead atoms. The van der Waals surface area contributed by atoms with E-state index in [9.17, 15) is 14.7 Å². The van der Waals surface area contributed by atoms with Gasteiger partial charge < -0.3 is 20.8 Å². The van der Waals surface area contributed by atoms with E-state index in [0.717, 1.165) is 12.5 Å². The van der Waals surface area contributed by atoms with Gasteiger partial charge in [-0.3, -0.25) is 0 Å². The molecule has 0 heterocycles. The zero-order valence-corrected chi connectivity index (χ0v) is 10.7. The fourth-order valence-electron chi connectivity index (χ4n) is 1.85. The maximum absolute atomic E-state index is 11.7. The van der Waals surface area contributed by atoms with Crippen molar-refractivity contribution in [3.63, 3.8) is 0 Å². The smallest absolute Gasteiger partial charge is 0.337 e. The molecular formula is C13H16N2O4. The Kier molecular flexibility index (Phi) is 3.09. The van der Waals surface area contributed by atoms with E-state index in [1.54, 1.807) is 0 Å². The molecule has 0 saturated heterocycles. The zero-order valence-electron chi connectivity index (χ0n) is 10.7. The van der Waals surface area contributed by atoms with Crippen LogP contribution in [0.5, 0.6) is 5.75 Å². The molecule has 6 heteroatoms. The van der Waals surface area contributed by atoms with Crippen LogP contribution in [0.4, 0.5) is 10.5 Å². The highest BCUT2D eigenvalue weighted by atomic mass is 16.4. The minimum absolute atomic E-state index is 0.0991. The van der Waals surface area contributed by atoms with E-state index in [0.29, 0.717) is 0 Å². The fourth-order valence-corrected chi connectivity index (χ4v) is 1.85. The van der Waals surface area contributed by atoms with Crippen LogP contribution in [0.25, 0.3) is 0 Å². The van der Waals surface area contributed by atoms with E-state index in [1.807, 2.05) is 13.8 Å². The molecule has 4 N–H and O–H groups in total. The third-order valence-electron chi connectivity index (χ3n) is 3.30. The average molecular weight is 264 g/mol. The number of nitrogens with one attached hydrogen (secondary N) is 2. The zero-order chi connectivity index (χ0) is 14.2. The molecule has 2 amide bonds. The van der Waals surface area contributed by atoms with Crippen molar-refractivity contribution in [2.45, 2.75) is 26.3 Å². The molecule has 1 aliphatic rings. The average Bonchev–Trinajstić information content (AvgIpc) is 2.88. The Morgan fingerprint density at radius 2 is 2.00 bits per heavy atom. The van der Waals surface area contributed by atoms with E-state index in [1.165, 1.54) is 12.1 Å². The maximum Gasteiger partial charge on any atom is 0.337 e. The highest BCUT2D eigenvalue weighted by molar-refractivity contribution is 6.00. The number of anilines is 1. The van der Waals surface area contributed by atoms with Gasteiger partial charge >= 0.3 is 12.0 Å². The van der Waals surface area contributed by atoms with E-state index < -0.39 is 12.0 Å². The van der Waals surface area contributed by atoms with Gasteiger partial charge in [0, 0.05) is 6.04 Å². The first-order chi connectivity index (χ1) is 8.79. The normalized spacial score (nSPS) is 19.6. The van der Waals surface area contributed by atoms with Gasteiger partial charge in [-0.05, 0) is 30.0 Å². The molecule has 1 aliphatic carbocycles. The number of phenolic OH excluding ortho intramolecular Hbond substituents is 1. The van der Waals surface area contributed by atoms with Crippen LogP contribution in [0.2, 0.25) is 0 Å². The van der Waals surface area contributed by atoms with Crippen molar-refractivity contribution < 1.29 is 19.8 Å². The first kappa shape index (κ1) is 13.2. The number of hydrogen-bond acceptors (Lipinski definition) is 3. The lowest BCUT2D eigenvalue weighted by molar-refractivity contribution is 0.0697. The third-order valence-corrected chi connectivity index (χ3v) is 3.30. The summed E-state index contributed by atoms with van der Waals surface area (Å²) >= 11 is 0. The third kappa shape index (κ3) is 2.96. The lowest BCUT2D eigenvalue weighted by Crippen LogP contribution is -2.33. The molecule has 1 saturated carbocycles. The number of carbonyl (C=O) groups excluding carboxylic acids is 1. The van der Waals surface area contributed by atoms with Crippen molar-refractivity contribution in [3.05, 3.63) is 23.8 Å². The summed E-state index contributed by atoms with van der Waals surface area (Å²) in [5, 5.41) is 23.5. The van der Waals surface area contributed by atoms with Crippen molar-refractivity contribution in [2.75, 3.05) is 5.32 Å². The fraction of sp³-hybridized carbons (Fsp3) is 0.385. The van der Waals surface area contributed by atoms with E-state index >= 15 is 0 Å². The second-order valence-corrected chi connectivity index (χ2v) is 5.38. The quantitative estimate of drug-likeness (QED) is 0.627. The van der Waals surface area contributed by atoms with Gasteiger partial charge in [-0.15, -0.1) is 0 Å². The molecule has 1 atom stereocenters. The summed E-state index contributed by atoms with van der Waals surface area (Å²) in [6, 6.07) is 3.44.